The zero-order chi connectivity index (χ0) is 10.9. The van der Waals surface area contributed by atoms with E-state index in [2.05, 4.69) is 24.0 Å². The van der Waals surface area contributed by atoms with E-state index >= 15 is 0 Å². The fourth-order valence-corrected chi connectivity index (χ4v) is 2.02. The molecule has 1 aromatic rings. The van der Waals surface area contributed by atoms with Gasteiger partial charge in [0.25, 0.3) is 0 Å². The molecule has 0 amide bonds. The summed E-state index contributed by atoms with van der Waals surface area (Å²) < 4.78 is 5.24. The van der Waals surface area contributed by atoms with E-state index in [4.69, 9.17) is 10.3 Å². The zero-order valence-electron chi connectivity index (χ0n) is 9.49. The van der Waals surface area contributed by atoms with Crippen molar-refractivity contribution >= 4 is 0 Å². The van der Waals surface area contributed by atoms with Crippen molar-refractivity contribution in [2.24, 2.45) is 11.1 Å². The van der Waals surface area contributed by atoms with Gasteiger partial charge in [-0.15, -0.1) is 0 Å². The molecule has 1 aliphatic rings. The largest absolute Gasteiger partial charge is 0.339 e. The third kappa shape index (κ3) is 2.04. The fourth-order valence-electron chi connectivity index (χ4n) is 2.02. The van der Waals surface area contributed by atoms with E-state index in [-0.39, 0.29) is 5.41 Å². The molecule has 84 valence electrons. The summed E-state index contributed by atoms with van der Waals surface area (Å²) in [5.74, 6) is 1.89. The van der Waals surface area contributed by atoms with Gasteiger partial charge in [0.15, 0.2) is 5.82 Å². The monoisotopic (exact) mass is 209 g/mol. The molecule has 1 saturated carbocycles. The molecule has 1 heterocycles. The molecule has 4 nitrogen and oxygen atoms in total. The zero-order valence-corrected chi connectivity index (χ0v) is 9.49. The minimum atomic E-state index is 0.251. The van der Waals surface area contributed by atoms with Crippen LogP contribution in [0.2, 0.25) is 0 Å². The van der Waals surface area contributed by atoms with Gasteiger partial charge in [-0.3, -0.25) is 0 Å². The van der Waals surface area contributed by atoms with Gasteiger partial charge < -0.3 is 10.3 Å². The standard InChI is InChI=1S/C11H19N3O/c1-8(2)10-13-9(15-14-10)6-11(7-12)4-3-5-11/h8H,3-7,12H2,1-2H3. The average Bonchev–Trinajstić information content (AvgIpc) is 2.59. The van der Waals surface area contributed by atoms with Crippen molar-refractivity contribution in [1.29, 1.82) is 0 Å². The molecular formula is C11H19N3O. The van der Waals surface area contributed by atoms with Gasteiger partial charge in [-0.25, -0.2) is 0 Å². The Balaban J connectivity index is 2.04. The Labute approximate surface area is 90.2 Å². The van der Waals surface area contributed by atoms with E-state index in [0.29, 0.717) is 5.92 Å². The molecule has 1 fully saturated rings. The first-order chi connectivity index (χ1) is 7.15. The highest BCUT2D eigenvalue weighted by atomic mass is 16.5. The Morgan fingerprint density at radius 1 is 1.47 bits per heavy atom. The molecule has 0 unspecified atom stereocenters. The summed E-state index contributed by atoms with van der Waals surface area (Å²) in [5.41, 5.74) is 6.04. The smallest absolute Gasteiger partial charge is 0.227 e. The van der Waals surface area contributed by atoms with Crippen LogP contribution < -0.4 is 5.73 Å². The molecule has 1 aromatic heterocycles. The topological polar surface area (TPSA) is 64.9 Å². The molecule has 0 spiro atoms. The van der Waals surface area contributed by atoms with Crippen molar-refractivity contribution in [3.8, 4) is 0 Å². The number of aromatic nitrogens is 2. The van der Waals surface area contributed by atoms with Gasteiger partial charge in [0.1, 0.15) is 0 Å². The van der Waals surface area contributed by atoms with Crippen LogP contribution >= 0.6 is 0 Å². The van der Waals surface area contributed by atoms with E-state index in [1.807, 2.05) is 0 Å². The molecule has 2 rings (SSSR count). The third-order valence-electron chi connectivity index (χ3n) is 3.37. The lowest BCUT2D eigenvalue weighted by atomic mass is 9.67. The van der Waals surface area contributed by atoms with Crippen molar-refractivity contribution in [2.75, 3.05) is 6.54 Å². The maximum Gasteiger partial charge on any atom is 0.227 e. The van der Waals surface area contributed by atoms with Crippen LogP contribution in [0, 0.1) is 5.41 Å². The second-order valence-electron chi connectivity index (χ2n) is 4.94. The molecule has 2 N–H and O–H groups in total. The molecule has 0 atom stereocenters. The third-order valence-corrected chi connectivity index (χ3v) is 3.37. The Morgan fingerprint density at radius 3 is 2.60 bits per heavy atom. The van der Waals surface area contributed by atoms with Crippen molar-refractivity contribution in [1.82, 2.24) is 10.1 Å². The van der Waals surface area contributed by atoms with Gasteiger partial charge >= 0.3 is 0 Å². The second-order valence-corrected chi connectivity index (χ2v) is 4.94. The van der Waals surface area contributed by atoms with E-state index < -0.39 is 0 Å². The van der Waals surface area contributed by atoms with Crippen molar-refractivity contribution in [3.05, 3.63) is 11.7 Å². The van der Waals surface area contributed by atoms with Crippen molar-refractivity contribution < 1.29 is 4.52 Å². The summed E-state index contributed by atoms with van der Waals surface area (Å²) in [6, 6.07) is 0. The first-order valence-corrected chi connectivity index (χ1v) is 5.68. The van der Waals surface area contributed by atoms with Crippen molar-refractivity contribution in [2.45, 2.75) is 45.4 Å². The van der Waals surface area contributed by atoms with Crippen LogP contribution in [0.3, 0.4) is 0 Å². The summed E-state index contributed by atoms with van der Waals surface area (Å²) >= 11 is 0. The summed E-state index contributed by atoms with van der Waals surface area (Å²) in [5, 5.41) is 3.97. The number of nitrogens with two attached hydrogens (primary N) is 1. The van der Waals surface area contributed by atoms with Crippen LogP contribution in [0.1, 0.15) is 50.7 Å². The highest BCUT2D eigenvalue weighted by molar-refractivity contribution is 4.99. The minimum absolute atomic E-state index is 0.251. The quantitative estimate of drug-likeness (QED) is 0.822. The molecule has 0 aromatic carbocycles. The molecule has 0 aliphatic heterocycles. The highest BCUT2D eigenvalue weighted by Crippen LogP contribution is 2.42. The second kappa shape index (κ2) is 3.93. The van der Waals surface area contributed by atoms with Gasteiger partial charge in [0, 0.05) is 12.3 Å². The first kappa shape index (κ1) is 10.6. The van der Waals surface area contributed by atoms with Gasteiger partial charge in [-0.2, -0.15) is 4.98 Å². The summed E-state index contributed by atoms with van der Waals surface area (Å²) in [6.45, 7) is 4.86. The maximum atomic E-state index is 5.79. The normalized spacial score (nSPS) is 19.2. The predicted octanol–water partition coefficient (Wildman–Crippen LogP) is 1.86. The lowest BCUT2D eigenvalue weighted by Crippen LogP contribution is -2.39. The van der Waals surface area contributed by atoms with E-state index in [1.54, 1.807) is 0 Å². The van der Waals surface area contributed by atoms with Crippen LogP contribution in [0.5, 0.6) is 0 Å². The molecular weight excluding hydrogens is 190 g/mol. The molecule has 4 heteroatoms. The van der Waals surface area contributed by atoms with Gasteiger partial charge in [0.05, 0.1) is 0 Å². The summed E-state index contributed by atoms with van der Waals surface area (Å²) in [6.07, 6.45) is 4.53. The lowest BCUT2D eigenvalue weighted by molar-refractivity contribution is 0.129. The number of hydrogen-bond donors (Lipinski definition) is 1. The molecule has 15 heavy (non-hydrogen) atoms. The van der Waals surface area contributed by atoms with Crippen LogP contribution in [0.15, 0.2) is 4.52 Å². The Hall–Kier alpha value is -0.900. The Kier molecular flexibility index (Phi) is 2.78. The number of rotatable bonds is 4. The predicted molar refractivity (Wildman–Crippen MR) is 57.4 cm³/mol. The van der Waals surface area contributed by atoms with Gasteiger partial charge in [-0.1, -0.05) is 25.4 Å². The van der Waals surface area contributed by atoms with E-state index in [1.165, 1.54) is 19.3 Å². The van der Waals surface area contributed by atoms with Gasteiger partial charge in [0.2, 0.25) is 5.89 Å². The molecule has 0 bridgehead atoms. The Morgan fingerprint density at radius 2 is 2.20 bits per heavy atom. The van der Waals surface area contributed by atoms with Gasteiger partial charge in [-0.05, 0) is 24.8 Å². The lowest BCUT2D eigenvalue weighted by Gasteiger charge is -2.39. The maximum absolute atomic E-state index is 5.79. The highest BCUT2D eigenvalue weighted by Gasteiger charge is 2.37. The molecule has 0 saturated heterocycles. The summed E-state index contributed by atoms with van der Waals surface area (Å²) in [4.78, 5) is 4.39. The summed E-state index contributed by atoms with van der Waals surface area (Å²) in [7, 11) is 0. The number of nitrogens with zero attached hydrogens (tertiary/aromatic N) is 2. The fraction of sp³-hybridized carbons (Fsp3) is 0.818. The van der Waals surface area contributed by atoms with Crippen LogP contribution in [0.25, 0.3) is 0 Å². The Bertz CT molecular complexity index is 323. The minimum Gasteiger partial charge on any atom is -0.339 e. The first-order valence-electron chi connectivity index (χ1n) is 5.68. The SMILES string of the molecule is CC(C)c1noc(CC2(CN)CCC2)n1. The van der Waals surface area contributed by atoms with Crippen LogP contribution in [0.4, 0.5) is 0 Å². The van der Waals surface area contributed by atoms with Crippen LogP contribution in [-0.2, 0) is 6.42 Å². The molecule has 1 aliphatic carbocycles. The van der Waals surface area contributed by atoms with E-state index in [9.17, 15) is 0 Å². The average molecular weight is 209 g/mol. The van der Waals surface area contributed by atoms with E-state index in [0.717, 1.165) is 24.7 Å². The van der Waals surface area contributed by atoms with Crippen molar-refractivity contribution in [3.63, 3.8) is 0 Å². The van der Waals surface area contributed by atoms with Crippen LogP contribution in [-0.4, -0.2) is 16.7 Å². The molecule has 0 radical (unpaired) electrons. The number of hydrogen-bond acceptors (Lipinski definition) is 4.